The van der Waals surface area contributed by atoms with Crippen molar-refractivity contribution in [1.82, 2.24) is 4.90 Å². The van der Waals surface area contributed by atoms with Gasteiger partial charge in [-0.15, -0.1) is 0 Å². The highest BCUT2D eigenvalue weighted by Crippen LogP contribution is 2.46. The van der Waals surface area contributed by atoms with E-state index in [-0.39, 0.29) is 12.0 Å². The van der Waals surface area contributed by atoms with Gasteiger partial charge in [0.25, 0.3) is 0 Å². The number of hydrogen-bond donors (Lipinski definition) is 0. The topological polar surface area (TPSA) is 3.24 Å². The summed E-state index contributed by atoms with van der Waals surface area (Å²) in [6, 6.07) is 3.41. The molecule has 1 heterocycles. The van der Waals surface area contributed by atoms with Crippen LogP contribution in [0.3, 0.4) is 0 Å². The fraction of sp³-hybridized carbons (Fsp3) is 0.375. The Morgan fingerprint density at radius 2 is 1.86 bits per heavy atom. The van der Waals surface area contributed by atoms with Gasteiger partial charge in [-0.1, -0.05) is 41.4 Å². The molecule has 1 aromatic carbocycles. The maximum atomic E-state index is 13.2. The molecule has 2 aliphatic rings. The minimum atomic E-state index is -4.29. The van der Waals surface area contributed by atoms with Gasteiger partial charge in [-0.2, -0.15) is 13.2 Å². The largest absolute Gasteiger partial charge is 0.412 e. The van der Waals surface area contributed by atoms with E-state index in [1.54, 1.807) is 18.2 Å². The molecule has 0 amide bonds. The molecule has 0 radical (unpaired) electrons. The second-order valence-electron chi connectivity index (χ2n) is 5.58. The molecule has 3 atom stereocenters. The molecule has 6 heteroatoms. The van der Waals surface area contributed by atoms with Crippen LogP contribution in [0.15, 0.2) is 42.6 Å². The Balaban J connectivity index is 1.86. The first-order valence-corrected chi connectivity index (χ1v) is 7.77. The molecule has 1 aliphatic heterocycles. The van der Waals surface area contributed by atoms with Crippen molar-refractivity contribution in [2.24, 2.45) is 0 Å². The van der Waals surface area contributed by atoms with Crippen molar-refractivity contribution >= 4 is 23.2 Å². The number of benzene rings is 1. The van der Waals surface area contributed by atoms with Crippen molar-refractivity contribution < 1.29 is 13.2 Å². The monoisotopic (exact) mass is 347 g/mol. The summed E-state index contributed by atoms with van der Waals surface area (Å²) >= 11 is 12.1. The summed E-state index contributed by atoms with van der Waals surface area (Å²) in [5.41, 5.74) is 0.867. The molecule has 22 heavy (non-hydrogen) atoms. The first-order valence-electron chi connectivity index (χ1n) is 7.02. The van der Waals surface area contributed by atoms with Crippen LogP contribution in [0.2, 0.25) is 10.0 Å². The number of nitrogens with zero attached hydrogens (tertiary/aromatic N) is 1. The van der Waals surface area contributed by atoms with E-state index in [1.165, 1.54) is 23.3 Å². The van der Waals surface area contributed by atoms with Crippen LogP contribution in [0.25, 0.3) is 0 Å². The normalized spacial score (nSPS) is 27.9. The molecule has 0 spiro atoms. The predicted molar refractivity (Wildman–Crippen MR) is 82.2 cm³/mol. The van der Waals surface area contributed by atoms with Gasteiger partial charge in [-0.3, -0.25) is 0 Å². The molecular weight excluding hydrogens is 334 g/mol. The summed E-state index contributed by atoms with van der Waals surface area (Å²) in [6.07, 6.45) is 3.06. The number of rotatable bonds is 2. The average molecular weight is 348 g/mol. The summed E-state index contributed by atoms with van der Waals surface area (Å²) in [5.74, 6) is -0.00855. The van der Waals surface area contributed by atoms with Gasteiger partial charge in [0.15, 0.2) is 0 Å². The number of allylic oxidation sites excluding steroid dienone is 2. The molecule has 3 rings (SSSR count). The number of halogens is 5. The minimum absolute atomic E-state index is 0.00855. The highest BCUT2D eigenvalue weighted by atomic mass is 35.5. The van der Waals surface area contributed by atoms with Crippen LogP contribution < -0.4 is 0 Å². The Morgan fingerprint density at radius 3 is 2.45 bits per heavy atom. The zero-order chi connectivity index (χ0) is 15.9. The quantitative estimate of drug-likeness (QED) is 0.677. The third-order valence-corrected chi connectivity index (χ3v) is 4.86. The molecule has 0 N–H and O–H groups in total. The summed E-state index contributed by atoms with van der Waals surface area (Å²) in [7, 11) is 0. The van der Waals surface area contributed by atoms with E-state index in [1.807, 2.05) is 6.07 Å². The second kappa shape index (κ2) is 5.82. The molecule has 0 bridgehead atoms. The molecule has 1 aliphatic carbocycles. The van der Waals surface area contributed by atoms with Gasteiger partial charge in [-0.25, -0.2) is 0 Å². The average Bonchev–Trinajstić information content (AvgIpc) is 2.40. The molecule has 1 unspecified atom stereocenters. The Morgan fingerprint density at radius 1 is 1.09 bits per heavy atom. The van der Waals surface area contributed by atoms with Crippen LogP contribution in [0.4, 0.5) is 13.2 Å². The Bertz CT molecular complexity index is 624. The van der Waals surface area contributed by atoms with E-state index in [0.29, 0.717) is 16.5 Å². The van der Waals surface area contributed by atoms with Crippen molar-refractivity contribution in [1.29, 1.82) is 0 Å². The Kier molecular flexibility index (Phi) is 4.17. The molecule has 1 saturated carbocycles. The van der Waals surface area contributed by atoms with E-state index in [2.05, 4.69) is 0 Å². The van der Waals surface area contributed by atoms with Crippen LogP contribution in [0.5, 0.6) is 0 Å². The van der Waals surface area contributed by atoms with Crippen LogP contribution in [-0.4, -0.2) is 23.2 Å². The van der Waals surface area contributed by atoms with Gasteiger partial charge < -0.3 is 4.90 Å². The van der Waals surface area contributed by atoms with Gasteiger partial charge in [-0.05, 0) is 36.6 Å². The van der Waals surface area contributed by atoms with Crippen molar-refractivity contribution in [2.75, 3.05) is 0 Å². The van der Waals surface area contributed by atoms with Crippen molar-refractivity contribution in [3.63, 3.8) is 0 Å². The van der Waals surface area contributed by atoms with Gasteiger partial charge >= 0.3 is 6.18 Å². The van der Waals surface area contributed by atoms with Crippen molar-refractivity contribution in [2.45, 2.75) is 37.0 Å². The second-order valence-corrected chi connectivity index (χ2v) is 6.42. The fourth-order valence-electron chi connectivity index (χ4n) is 3.11. The predicted octanol–water partition coefficient (Wildman–Crippen LogP) is 5.56. The van der Waals surface area contributed by atoms with Crippen molar-refractivity contribution in [3.05, 3.63) is 58.2 Å². The number of alkyl halides is 3. The maximum absolute atomic E-state index is 13.2. The van der Waals surface area contributed by atoms with E-state index >= 15 is 0 Å². The zero-order valence-corrected chi connectivity index (χ0v) is 13.0. The molecule has 1 nitrogen and oxygen atoms in total. The molecule has 0 aromatic heterocycles. The lowest BCUT2D eigenvalue weighted by molar-refractivity contribution is -0.173. The first-order chi connectivity index (χ1) is 10.4. The fourth-order valence-corrected chi connectivity index (χ4v) is 3.66. The zero-order valence-electron chi connectivity index (χ0n) is 11.5. The van der Waals surface area contributed by atoms with Gasteiger partial charge in [0.05, 0.1) is 0 Å². The van der Waals surface area contributed by atoms with Gasteiger partial charge in [0, 0.05) is 28.2 Å². The molecule has 0 saturated heterocycles. The molecule has 1 aromatic rings. The van der Waals surface area contributed by atoms with E-state index in [4.69, 9.17) is 23.2 Å². The third-order valence-electron chi connectivity index (χ3n) is 4.30. The number of hydrogen-bond acceptors (Lipinski definition) is 1. The van der Waals surface area contributed by atoms with Crippen LogP contribution >= 0.6 is 23.2 Å². The summed E-state index contributed by atoms with van der Waals surface area (Å²) in [6.45, 7) is 0. The molecular formula is C16H14Cl2F3N. The lowest BCUT2D eigenvalue weighted by Crippen LogP contribution is -2.52. The highest BCUT2D eigenvalue weighted by molar-refractivity contribution is 6.35. The maximum Gasteiger partial charge on any atom is 0.412 e. The summed E-state index contributed by atoms with van der Waals surface area (Å²) < 4.78 is 39.6. The molecule has 1 fully saturated rings. The van der Waals surface area contributed by atoms with Crippen molar-refractivity contribution in [3.8, 4) is 0 Å². The lowest BCUT2D eigenvalue weighted by Gasteiger charge is -2.48. The van der Waals surface area contributed by atoms with Gasteiger partial charge in [0.1, 0.15) is 6.04 Å². The Labute approximate surface area is 137 Å². The van der Waals surface area contributed by atoms with Crippen LogP contribution in [0.1, 0.15) is 24.3 Å². The standard InChI is InChI=1S/C16H14Cl2F3N/c17-10-4-5-11(13(18)9-10)12-6-7-14(12)22-8-2-1-3-15(22)16(19,20)21/h1-5,8-9,12,14-15H,6-7H2/t12-,14-,15?/m0/s1. The Hall–Kier alpha value is -1.13. The van der Waals surface area contributed by atoms with E-state index in [9.17, 15) is 13.2 Å². The smallest absolute Gasteiger partial charge is 0.359 e. The van der Waals surface area contributed by atoms with Crippen LogP contribution in [0, 0.1) is 0 Å². The minimum Gasteiger partial charge on any atom is -0.359 e. The van der Waals surface area contributed by atoms with E-state index < -0.39 is 12.2 Å². The SMILES string of the molecule is FC(F)(F)C1C=CC=CN1[C@H]1CC[C@H]1c1ccc(Cl)cc1Cl. The third kappa shape index (κ3) is 2.86. The van der Waals surface area contributed by atoms with Crippen LogP contribution in [-0.2, 0) is 0 Å². The van der Waals surface area contributed by atoms with E-state index in [0.717, 1.165) is 12.0 Å². The lowest BCUT2D eigenvalue weighted by atomic mass is 9.73. The highest BCUT2D eigenvalue weighted by Gasteiger charge is 2.47. The molecule has 118 valence electrons. The first kappa shape index (κ1) is 15.8. The summed E-state index contributed by atoms with van der Waals surface area (Å²) in [5, 5.41) is 1.04. The van der Waals surface area contributed by atoms with Gasteiger partial charge in [0.2, 0.25) is 0 Å². The summed E-state index contributed by atoms with van der Waals surface area (Å²) in [4.78, 5) is 1.40.